The van der Waals surface area contributed by atoms with Crippen molar-refractivity contribution in [1.29, 1.82) is 0 Å². The number of hydrogen-bond donors (Lipinski definition) is 0. The molecule has 5 heteroatoms. The maximum atomic E-state index is 13.1. The van der Waals surface area contributed by atoms with Crippen LogP contribution in [0.3, 0.4) is 0 Å². The number of alkyl halides is 2. The average Bonchev–Trinajstić information content (AvgIpc) is 1.99. The summed E-state index contributed by atoms with van der Waals surface area (Å²) >= 11 is 3.05. The lowest BCUT2D eigenvalue weighted by atomic mass is 10.1. The van der Waals surface area contributed by atoms with Gasteiger partial charge in [-0.1, -0.05) is 15.9 Å². The monoisotopic (exact) mass is 254 g/mol. The van der Waals surface area contributed by atoms with Gasteiger partial charge in [0, 0.05) is 13.3 Å². The lowest BCUT2D eigenvalue weighted by molar-refractivity contribution is -0.167. The van der Waals surface area contributed by atoms with Crippen LogP contribution in [0, 0.1) is 0 Å². The normalized spacial score (nSPS) is 40.0. The Bertz CT molecular complexity index is 200. The van der Waals surface area contributed by atoms with Gasteiger partial charge in [-0.15, -0.1) is 0 Å². The van der Waals surface area contributed by atoms with E-state index in [4.69, 9.17) is 9.47 Å². The number of esters is 1. The van der Waals surface area contributed by atoms with Crippen molar-refractivity contribution in [3.8, 4) is 0 Å². The smallest absolute Gasteiger partial charge is 0.302 e. The fourth-order valence-electron chi connectivity index (χ4n) is 1.26. The summed E-state index contributed by atoms with van der Waals surface area (Å²) in [5.74, 6) is -0.402. The second-order valence-electron chi connectivity index (χ2n) is 3.09. The van der Waals surface area contributed by atoms with Gasteiger partial charge in [-0.2, -0.15) is 0 Å². The minimum atomic E-state index is -1.12. The lowest BCUT2D eigenvalue weighted by Gasteiger charge is -2.33. The van der Waals surface area contributed by atoms with E-state index in [9.17, 15) is 9.18 Å². The van der Waals surface area contributed by atoms with Crippen LogP contribution in [0.15, 0.2) is 0 Å². The van der Waals surface area contributed by atoms with Crippen molar-refractivity contribution in [1.82, 2.24) is 0 Å². The first-order valence-electron chi connectivity index (χ1n) is 4.11. The zero-order valence-electron chi connectivity index (χ0n) is 7.50. The van der Waals surface area contributed by atoms with Crippen molar-refractivity contribution in [2.75, 3.05) is 0 Å². The molecule has 0 aromatic carbocycles. The predicted molar refractivity (Wildman–Crippen MR) is 48.3 cm³/mol. The highest BCUT2D eigenvalue weighted by molar-refractivity contribution is 9.09. The van der Waals surface area contributed by atoms with Gasteiger partial charge in [0.1, 0.15) is 17.3 Å². The molecule has 2 unspecified atom stereocenters. The van der Waals surface area contributed by atoms with Crippen LogP contribution in [0.4, 0.5) is 4.39 Å². The van der Waals surface area contributed by atoms with Gasteiger partial charge in [0.15, 0.2) is 0 Å². The molecule has 13 heavy (non-hydrogen) atoms. The van der Waals surface area contributed by atoms with Crippen LogP contribution >= 0.6 is 15.9 Å². The van der Waals surface area contributed by atoms with E-state index in [1.54, 1.807) is 6.92 Å². The van der Waals surface area contributed by atoms with Crippen LogP contribution in [0.2, 0.25) is 0 Å². The highest BCUT2D eigenvalue weighted by Crippen LogP contribution is 2.27. The van der Waals surface area contributed by atoms with Crippen molar-refractivity contribution < 1.29 is 18.7 Å². The van der Waals surface area contributed by atoms with Crippen molar-refractivity contribution in [3.63, 3.8) is 0 Å². The van der Waals surface area contributed by atoms with Crippen LogP contribution in [0.1, 0.15) is 20.3 Å². The molecule has 0 bridgehead atoms. The fourth-order valence-corrected chi connectivity index (χ4v) is 1.81. The van der Waals surface area contributed by atoms with E-state index >= 15 is 0 Å². The molecule has 0 spiro atoms. The van der Waals surface area contributed by atoms with E-state index in [-0.39, 0.29) is 12.5 Å². The highest BCUT2D eigenvalue weighted by Gasteiger charge is 2.36. The Balaban J connectivity index is 2.51. The molecule has 0 amide bonds. The molecule has 1 saturated heterocycles. The Hall–Kier alpha value is -0.160. The Labute approximate surface area is 84.7 Å². The van der Waals surface area contributed by atoms with Gasteiger partial charge in [-0.3, -0.25) is 4.79 Å². The molecule has 0 aromatic heterocycles. The lowest BCUT2D eigenvalue weighted by Crippen LogP contribution is -2.43. The summed E-state index contributed by atoms with van der Waals surface area (Å²) in [4.78, 5) is 10.6. The van der Waals surface area contributed by atoms with Gasteiger partial charge in [0.05, 0.1) is 6.10 Å². The number of carbonyl (C=O) groups is 1. The van der Waals surface area contributed by atoms with Gasteiger partial charge in [-0.05, 0) is 6.92 Å². The maximum absolute atomic E-state index is 13.1. The van der Waals surface area contributed by atoms with Gasteiger partial charge in [0.25, 0.3) is 0 Å². The summed E-state index contributed by atoms with van der Waals surface area (Å²) in [6.07, 6.45) is -1.67. The molecule has 1 aliphatic rings. The molecular formula is C8H12BrFO3. The third-order valence-corrected chi connectivity index (χ3v) is 2.72. The minimum Gasteiger partial charge on any atom is -0.460 e. The fraction of sp³-hybridized carbons (Fsp3) is 0.875. The number of halogens is 2. The second-order valence-corrected chi connectivity index (χ2v) is 3.99. The van der Waals surface area contributed by atoms with Crippen molar-refractivity contribution in [2.24, 2.45) is 0 Å². The summed E-state index contributed by atoms with van der Waals surface area (Å²) in [7, 11) is 0. The zero-order valence-corrected chi connectivity index (χ0v) is 9.08. The molecule has 0 saturated carbocycles. The molecule has 0 aromatic rings. The standard InChI is InChI=1S/C8H12BrFO3/c1-4-7(13-5(2)11)3-6(10)8(9)12-4/h4,6-8H,3H2,1-2H3/t4-,6?,7-,8?/m0/s1. The molecular weight excluding hydrogens is 243 g/mol. The van der Waals surface area contributed by atoms with E-state index in [1.165, 1.54) is 6.92 Å². The first-order valence-corrected chi connectivity index (χ1v) is 5.03. The molecule has 76 valence electrons. The molecule has 3 nitrogen and oxygen atoms in total. The van der Waals surface area contributed by atoms with Crippen molar-refractivity contribution >= 4 is 21.9 Å². The summed E-state index contributed by atoms with van der Waals surface area (Å²) < 4.78 is 23.2. The van der Waals surface area contributed by atoms with Crippen LogP contribution in [0.5, 0.6) is 0 Å². The molecule has 0 radical (unpaired) electrons. The summed E-state index contributed by atoms with van der Waals surface area (Å²) in [6.45, 7) is 3.06. The van der Waals surface area contributed by atoms with Crippen LogP contribution in [-0.2, 0) is 14.3 Å². The molecule has 0 aliphatic carbocycles. The first kappa shape index (κ1) is 10.9. The van der Waals surface area contributed by atoms with E-state index in [0.29, 0.717) is 0 Å². The largest absolute Gasteiger partial charge is 0.460 e. The molecule has 1 heterocycles. The van der Waals surface area contributed by atoms with Crippen molar-refractivity contribution in [2.45, 2.75) is 43.7 Å². The maximum Gasteiger partial charge on any atom is 0.302 e. The van der Waals surface area contributed by atoms with Crippen LogP contribution in [-0.4, -0.2) is 29.4 Å². The number of ether oxygens (including phenoxy) is 2. The Morgan fingerprint density at radius 3 is 2.85 bits per heavy atom. The second kappa shape index (κ2) is 4.37. The highest BCUT2D eigenvalue weighted by atomic mass is 79.9. The number of carbonyl (C=O) groups excluding carboxylic acids is 1. The first-order chi connectivity index (χ1) is 6.00. The molecule has 4 atom stereocenters. The van der Waals surface area contributed by atoms with E-state index in [2.05, 4.69) is 15.9 Å². The Kier molecular flexibility index (Phi) is 3.67. The number of hydrogen-bond acceptors (Lipinski definition) is 3. The SMILES string of the molecule is CC(=O)O[C@H]1CC(F)C(Br)O[C@H]1C. The van der Waals surface area contributed by atoms with Crippen molar-refractivity contribution in [3.05, 3.63) is 0 Å². The topological polar surface area (TPSA) is 35.5 Å². The average molecular weight is 255 g/mol. The zero-order chi connectivity index (χ0) is 10.0. The van der Waals surface area contributed by atoms with Crippen LogP contribution < -0.4 is 0 Å². The van der Waals surface area contributed by atoms with Crippen LogP contribution in [0.25, 0.3) is 0 Å². The van der Waals surface area contributed by atoms with Gasteiger partial charge in [0.2, 0.25) is 0 Å². The molecule has 1 fully saturated rings. The van der Waals surface area contributed by atoms with E-state index in [0.717, 1.165) is 0 Å². The van der Waals surface area contributed by atoms with E-state index < -0.39 is 23.3 Å². The Morgan fingerprint density at radius 2 is 2.31 bits per heavy atom. The Morgan fingerprint density at radius 1 is 1.69 bits per heavy atom. The minimum absolute atomic E-state index is 0.191. The summed E-state index contributed by atoms with van der Waals surface area (Å²) in [5.41, 5.74) is 0. The third-order valence-electron chi connectivity index (χ3n) is 1.93. The third kappa shape index (κ3) is 2.91. The van der Waals surface area contributed by atoms with Gasteiger partial charge in [-0.25, -0.2) is 4.39 Å². The molecule has 1 aliphatic heterocycles. The number of rotatable bonds is 1. The van der Waals surface area contributed by atoms with Gasteiger partial charge >= 0.3 is 5.97 Å². The van der Waals surface area contributed by atoms with Gasteiger partial charge < -0.3 is 9.47 Å². The summed E-state index contributed by atoms with van der Waals surface area (Å²) in [6, 6.07) is 0. The summed E-state index contributed by atoms with van der Waals surface area (Å²) in [5, 5.41) is -0.589. The predicted octanol–water partition coefficient (Wildman–Crippen LogP) is 1.79. The van der Waals surface area contributed by atoms with E-state index in [1.807, 2.05) is 0 Å². The molecule has 1 rings (SSSR count). The quantitative estimate of drug-likeness (QED) is 0.529. The molecule has 0 N–H and O–H groups in total.